The van der Waals surface area contributed by atoms with Gasteiger partial charge in [-0.05, 0) is 19.4 Å². The molecule has 5 heteroatoms. The number of likely N-dealkylation sites (tertiary alicyclic amines) is 1. The zero-order valence-electron chi connectivity index (χ0n) is 7.14. The maximum absolute atomic E-state index is 12.0. The van der Waals surface area contributed by atoms with Crippen molar-refractivity contribution < 1.29 is 13.2 Å². The summed E-state index contributed by atoms with van der Waals surface area (Å²) >= 11 is 0. The van der Waals surface area contributed by atoms with Crippen LogP contribution < -0.4 is 0 Å². The van der Waals surface area contributed by atoms with Crippen LogP contribution >= 0.6 is 0 Å². The van der Waals surface area contributed by atoms with E-state index >= 15 is 0 Å². The first-order valence-corrected chi connectivity index (χ1v) is 4.20. The Hall–Kier alpha value is -0.760. The van der Waals surface area contributed by atoms with Gasteiger partial charge in [-0.3, -0.25) is 4.90 Å². The van der Waals surface area contributed by atoms with Crippen LogP contribution in [-0.2, 0) is 0 Å². The summed E-state index contributed by atoms with van der Waals surface area (Å²) in [6.07, 6.45) is -2.46. The highest BCUT2D eigenvalue weighted by atomic mass is 19.4. The molecule has 1 fully saturated rings. The van der Waals surface area contributed by atoms with E-state index in [4.69, 9.17) is 5.26 Å². The van der Waals surface area contributed by atoms with Crippen LogP contribution in [0.5, 0.6) is 0 Å². The first kappa shape index (κ1) is 10.3. The monoisotopic (exact) mass is 192 g/mol. The van der Waals surface area contributed by atoms with Crippen LogP contribution in [-0.4, -0.2) is 30.2 Å². The van der Waals surface area contributed by atoms with Crippen molar-refractivity contribution in [3.05, 3.63) is 0 Å². The van der Waals surface area contributed by atoms with Crippen LogP contribution in [0.25, 0.3) is 0 Å². The van der Waals surface area contributed by atoms with E-state index in [0.717, 1.165) is 6.42 Å². The van der Waals surface area contributed by atoms with Gasteiger partial charge in [-0.1, -0.05) is 0 Å². The smallest absolute Gasteiger partial charge is 0.291 e. The lowest BCUT2D eigenvalue weighted by atomic mass is 10.1. The maximum atomic E-state index is 12.0. The van der Waals surface area contributed by atoms with Crippen molar-refractivity contribution in [1.29, 1.82) is 5.26 Å². The minimum Gasteiger partial charge on any atom is -0.291 e. The van der Waals surface area contributed by atoms with Gasteiger partial charge in [0.05, 0.1) is 19.0 Å². The first-order chi connectivity index (χ1) is 6.03. The van der Waals surface area contributed by atoms with Gasteiger partial charge in [-0.25, -0.2) is 0 Å². The summed E-state index contributed by atoms with van der Waals surface area (Å²) in [5.74, 6) is 0. The van der Waals surface area contributed by atoms with Crippen LogP contribution in [0.1, 0.15) is 19.3 Å². The minimum atomic E-state index is -4.14. The van der Waals surface area contributed by atoms with Gasteiger partial charge in [0, 0.05) is 6.04 Å². The average Bonchev–Trinajstić information content (AvgIpc) is 2.34. The van der Waals surface area contributed by atoms with Crippen molar-refractivity contribution >= 4 is 0 Å². The molecule has 1 aliphatic rings. The molecule has 0 aromatic rings. The predicted octanol–water partition coefficient (Wildman–Crippen LogP) is 1.93. The normalized spacial score (nSPS) is 24.6. The topological polar surface area (TPSA) is 27.0 Å². The Morgan fingerprint density at radius 3 is 2.69 bits per heavy atom. The van der Waals surface area contributed by atoms with Crippen LogP contribution in [0, 0.1) is 11.3 Å². The number of rotatable bonds is 2. The Balaban J connectivity index is 2.45. The molecule has 0 N–H and O–H groups in total. The average molecular weight is 192 g/mol. The molecule has 0 aliphatic carbocycles. The number of hydrogen-bond donors (Lipinski definition) is 0. The molecule has 1 rings (SSSR count). The van der Waals surface area contributed by atoms with Crippen LogP contribution in [0.4, 0.5) is 13.2 Å². The summed E-state index contributed by atoms with van der Waals surface area (Å²) < 4.78 is 36.0. The molecular formula is C8H11F3N2. The van der Waals surface area contributed by atoms with E-state index in [0.29, 0.717) is 13.0 Å². The van der Waals surface area contributed by atoms with Crippen molar-refractivity contribution in [2.45, 2.75) is 31.5 Å². The number of alkyl halides is 3. The highest BCUT2D eigenvalue weighted by molar-refractivity contribution is 4.87. The highest BCUT2D eigenvalue weighted by Crippen LogP contribution is 2.25. The third-order valence-corrected chi connectivity index (χ3v) is 2.21. The lowest BCUT2D eigenvalue weighted by molar-refractivity contribution is -0.147. The minimum absolute atomic E-state index is 0.188. The van der Waals surface area contributed by atoms with Crippen LogP contribution in [0.3, 0.4) is 0 Å². The molecule has 13 heavy (non-hydrogen) atoms. The van der Waals surface area contributed by atoms with Gasteiger partial charge in [0.1, 0.15) is 0 Å². The number of hydrogen-bond acceptors (Lipinski definition) is 2. The largest absolute Gasteiger partial charge is 0.401 e. The van der Waals surface area contributed by atoms with E-state index in [9.17, 15) is 13.2 Å². The highest BCUT2D eigenvalue weighted by Gasteiger charge is 2.35. The van der Waals surface area contributed by atoms with Gasteiger partial charge in [0.25, 0.3) is 0 Å². The molecule has 0 saturated carbocycles. The molecular weight excluding hydrogens is 181 g/mol. The zero-order valence-corrected chi connectivity index (χ0v) is 7.14. The van der Waals surface area contributed by atoms with E-state index in [1.54, 1.807) is 0 Å². The molecule has 0 aromatic carbocycles. The second-order valence-electron chi connectivity index (χ2n) is 3.24. The number of halogens is 3. The lowest BCUT2D eigenvalue weighted by Crippen LogP contribution is -2.37. The Morgan fingerprint density at radius 2 is 2.15 bits per heavy atom. The van der Waals surface area contributed by atoms with Gasteiger partial charge in [-0.15, -0.1) is 0 Å². The van der Waals surface area contributed by atoms with E-state index in [1.165, 1.54) is 4.90 Å². The molecule has 0 amide bonds. The summed E-state index contributed by atoms with van der Waals surface area (Å²) in [5, 5.41) is 8.38. The summed E-state index contributed by atoms with van der Waals surface area (Å²) in [7, 11) is 0. The maximum Gasteiger partial charge on any atom is 0.401 e. The summed E-state index contributed by atoms with van der Waals surface area (Å²) in [5.41, 5.74) is 0. The van der Waals surface area contributed by atoms with E-state index in [1.807, 2.05) is 6.07 Å². The second kappa shape index (κ2) is 3.97. The fraction of sp³-hybridized carbons (Fsp3) is 0.875. The number of nitrogens with zero attached hydrogens (tertiary/aromatic N) is 2. The van der Waals surface area contributed by atoms with Crippen molar-refractivity contribution in [2.75, 3.05) is 13.1 Å². The molecule has 1 heterocycles. The van der Waals surface area contributed by atoms with E-state index < -0.39 is 12.7 Å². The fourth-order valence-corrected chi connectivity index (χ4v) is 1.67. The predicted molar refractivity (Wildman–Crippen MR) is 40.9 cm³/mol. The van der Waals surface area contributed by atoms with Gasteiger partial charge in [-0.2, -0.15) is 18.4 Å². The second-order valence-corrected chi connectivity index (χ2v) is 3.24. The van der Waals surface area contributed by atoms with E-state index in [2.05, 4.69) is 0 Å². The fourth-order valence-electron chi connectivity index (χ4n) is 1.67. The molecule has 1 aliphatic heterocycles. The Labute approximate surface area is 74.9 Å². The van der Waals surface area contributed by atoms with Crippen molar-refractivity contribution in [2.24, 2.45) is 0 Å². The van der Waals surface area contributed by atoms with Crippen molar-refractivity contribution in [1.82, 2.24) is 4.90 Å². The molecule has 1 saturated heterocycles. The molecule has 0 bridgehead atoms. The molecule has 74 valence electrons. The van der Waals surface area contributed by atoms with E-state index in [-0.39, 0.29) is 12.5 Å². The third kappa shape index (κ3) is 3.23. The lowest BCUT2D eigenvalue weighted by Gasteiger charge is -2.23. The first-order valence-electron chi connectivity index (χ1n) is 4.20. The summed E-state index contributed by atoms with van der Waals surface area (Å²) in [6.45, 7) is -0.412. The Morgan fingerprint density at radius 1 is 1.46 bits per heavy atom. The summed E-state index contributed by atoms with van der Waals surface area (Å²) in [4.78, 5) is 1.35. The molecule has 0 spiro atoms. The van der Waals surface area contributed by atoms with Crippen molar-refractivity contribution in [3.63, 3.8) is 0 Å². The molecule has 1 unspecified atom stereocenters. The molecule has 2 nitrogen and oxygen atoms in total. The van der Waals surface area contributed by atoms with Crippen LogP contribution in [0.15, 0.2) is 0 Å². The third-order valence-electron chi connectivity index (χ3n) is 2.21. The molecule has 0 aromatic heterocycles. The van der Waals surface area contributed by atoms with Gasteiger partial charge < -0.3 is 0 Å². The Bertz CT molecular complexity index is 206. The quantitative estimate of drug-likeness (QED) is 0.668. The van der Waals surface area contributed by atoms with Gasteiger partial charge in [0.15, 0.2) is 0 Å². The zero-order chi connectivity index (χ0) is 9.90. The molecule has 0 radical (unpaired) electrons. The Kier molecular flexibility index (Phi) is 3.15. The number of nitriles is 1. The SMILES string of the molecule is N#CCC1CCCN1CC(F)(F)F. The standard InChI is InChI=1S/C8H11F3N2/c9-8(10,11)6-13-5-1-2-7(13)3-4-12/h7H,1-3,5-6H2. The van der Waals surface area contributed by atoms with Crippen molar-refractivity contribution in [3.8, 4) is 6.07 Å². The van der Waals surface area contributed by atoms with Gasteiger partial charge in [0.2, 0.25) is 0 Å². The molecule has 1 atom stereocenters. The van der Waals surface area contributed by atoms with Gasteiger partial charge >= 0.3 is 6.18 Å². The summed E-state index contributed by atoms with van der Waals surface area (Å²) in [6, 6.07) is 1.73. The van der Waals surface area contributed by atoms with Crippen LogP contribution in [0.2, 0.25) is 0 Å².